The second-order valence-electron chi connectivity index (χ2n) is 6.79. The number of nitrogens with zero attached hydrogens (tertiary/aromatic N) is 1. The summed E-state index contributed by atoms with van der Waals surface area (Å²) in [5.41, 5.74) is 8.99. The molecule has 0 spiro atoms. The molecule has 2 aromatic rings. The Balaban J connectivity index is 0.00000450. The highest BCUT2D eigenvalue weighted by atomic mass is 127. The number of benzene rings is 2. The summed E-state index contributed by atoms with van der Waals surface area (Å²) < 4.78 is 31.6. The van der Waals surface area contributed by atoms with Gasteiger partial charge in [-0.2, -0.15) is 0 Å². The SMILES string of the molecule is CCC(C)c1ccc(NC(N)=NCc2ccc(S(=O)(=O)NCCOC)cc2)cc1.I. The van der Waals surface area contributed by atoms with Gasteiger partial charge in [0, 0.05) is 19.3 Å². The summed E-state index contributed by atoms with van der Waals surface area (Å²) in [5, 5.41) is 3.07. The first-order valence-corrected chi connectivity index (χ1v) is 11.1. The van der Waals surface area contributed by atoms with E-state index in [2.05, 4.69) is 41.0 Å². The number of methoxy groups -OCH3 is 1. The molecule has 0 saturated carbocycles. The van der Waals surface area contributed by atoms with Crippen LogP contribution in [-0.4, -0.2) is 34.6 Å². The lowest BCUT2D eigenvalue weighted by Crippen LogP contribution is -2.27. The molecule has 7 nitrogen and oxygen atoms in total. The Morgan fingerprint density at radius 3 is 2.33 bits per heavy atom. The zero-order valence-electron chi connectivity index (χ0n) is 17.6. The van der Waals surface area contributed by atoms with Gasteiger partial charge in [0.25, 0.3) is 0 Å². The lowest BCUT2D eigenvalue weighted by atomic mass is 9.99. The van der Waals surface area contributed by atoms with E-state index in [9.17, 15) is 8.42 Å². The Labute approximate surface area is 196 Å². The number of hydrogen-bond donors (Lipinski definition) is 3. The van der Waals surface area contributed by atoms with Gasteiger partial charge in [0.05, 0.1) is 18.0 Å². The van der Waals surface area contributed by atoms with Crippen LogP contribution in [0.5, 0.6) is 0 Å². The number of nitrogens with two attached hydrogens (primary N) is 1. The zero-order chi connectivity index (χ0) is 21.3. The monoisotopic (exact) mass is 546 g/mol. The number of rotatable bonds is 10. The van der Waals surface area contributed by atoms with Gasteiger partial charge in [-0.15, -0.1) is 24.0 Å². The van der Waals surface area contributed by atoms with Crippen molar-refractivity contribution in [3.05, 3.63) is 59.7 Å². The van der Waals surface area contributed by atoms with Crippen molar-refractivity contribution in [2.45, 2.75) is 37.6 Å². The standard InChI is InChI=1S/C21H30N4O3S.HI/c1-4-16(2)18-7-9-19(10-8-18)25-21(22)23-15-17-5-11-20(12-6-17)29(26,27)24-13-14-28-3;/h5-12,16,24H,4,13-15H2,1-3H3,(H3,22,23,25);1H. The molecule has 9 heteroatoms. The molecule has 0 fully saturated rings. The molecule has 0 radical (unpaired) electrons. The first-order valence-electron chi connectivity index (χ1n) is 9.60. The van der Waals surface area contributed by atoms with Crippen LogP contribution in [0.4, 0.5) is 5.69 Å². The molecule has 0 aliphatic heterocycles. The number of aliphatic imine (C=N–C) groups is 1. The summed E-state index contributed by atoms with van der Waals surface area (Å²) >= 11 is 0. The van der Waals surface area contributed by atoms with Crippen LogP contribution in [0.2, 0.25) is 0 Å². The van der Waals surface area contributed by atoms with Crippen molar-refractivity contribution < 1.29 is 13.2 Å². The predicted molar refractivity (Wildman–Crippen MR) is 133 cm³/mol. The van der Waals surface area contributed by atoms with Crippen molar-refractivity contribution in [2.75, 3.05) is 25.6 Å². The van der Waals surface area contributed by atoms with Gasteiger partial charge in [-0.3, -0.25) is 0 Å². The number of hydrogen-bond acceptors (Lipinski definition) is 4. The lowest BCUT2D eigenvalue weighted by Gasteiger charge is -2.11. The molecule has 1 atom stereocenters. The second-order valence-corrected chi connectivity index (χ2v) is 8.56. The summed E-state index contributed by atoms with van der Waals surface area (Å²) in [6, 6.07) is 14.7. The Morgan fingerprint density at radius 1 is 1.13 bits per heavy atom. The highest BCUT2D eigenvalue weighted by Crippen LogP contribution is 2.20. The topological polar surface area (TPSA) is 106 Å². The van der Waals surface area contributed by atoms with Gasteiger partial charge >= 0.3 is 0 Å². The van der Waals surface area contributed by atoms with Gasteiger partial charge in [0.15, 0.2) is 5.96 Å². The summed E-state index contributed by atoms with van der Waals surface area (Å²) in [6.45, 7) is 5.26. The van der Waals surface area contributed by atoms with Crippen LogP contribution in [0.1, 0.15) is 37.3 Å². The van der Waals surface area contributed by atoms with Crippen molar-refractivity contribution in [3.63, 3.8) is 0 Å². The molecule has 2 rings (SSSR count). The molecule has 0 aliphatic carbocycles. The van der Waals surface area contributed by atoms with Crippen LogP contribution in [0, 0.1) is 0 Å². The Kier molecular flexibility index (Phi) is 11.3. The third kappa shape index (κ3) is 8.21. The maximum absolute atomic E-state index is 12.1. The molecule has 4 N–H and O–H groups in total. The van der Waals surface area contributed by atoms with Crippen LogP contribution in [0.3, 0.4) is 0 Å². The molecule has 166 valence electrons. The molecule has 30 heavy (non-hydrogen) atoms. The maximum Gasteiger partial charge on any atom is 0.240 e. The van der Waals surface area contributed by atoms with Gasteiger partial charge < -0.3 is 15.8 Å². The minimum absolute atomic E-state index is 0. The van der Waals surface area contributed by atoms with E-state index < -0.39 is 10.0 Å². The fraction of sp³-hybridized carbons (Fsp3) is 0.381. The van der Waals surface area contributed by atoms with Crippen molar-refractivity contribution in [1.29, 1.82) is 0 Å². The largest absolute Gasteiger partial charge is 0.383 e. The van der Waals surface area contributed by atoms with E-state index >= 15 is 0 Å². The molecule has 0 saturated heterocycles. The summed E-state index contributed by atoms with van der Waals surface area (Å²) in [5.74, 6) is 0.830. The molecule has 0 aromatic heterocycles. The zero-order valence-corrected chi connectivity index (χ0v) is 20.7. The Hall–Kier alpha value is -1.69. The van der Waals surface area contributed by atoms with Crippen LogP contribution in [-0.2, 0) is 21.3 Å². The van der Waals surface area contributed by atoms with Gasteiger partial charge in [-0.1, -0.05) is 38.1 Å². The highest BCUT2D eigenvalue weighted by molar-refractivity contribution is 14.0. The predicted octanol–water partition coefficient (Wildman–Crippen LogP) is 3.67. The smallest absolute Gasteiger partial charge is 0.240 e. The van der Waals surface area contributed by atoms with E-state index in [0.717, 1.165) is 17.7 Å². The molecular weight excluding hydrogens is 515 g/mol. The maximum atomic E-state index is 12.1. The third-order valence-corrected chi connectivity index (χ3v) is 6.11. The average molecular weight is 546 g/mol. The number of halogens is 1. The quantitative estimate of drug-likeness (QED) is 0.183. The number of guanidine groups is 1. The third-order valence-electron chi connectivity index (χ3n) is 4.63. The fourth-order valence-corrected chi connectivity index (χ4v) is 3.64. The van der Waals surface area contributed by atoms with Gasteiger partial charge in [-0.25, -0.2) is 18.1 Å². The van der Waals surface area contributed by atoms with Crippen molar-refractivity contribution in [2.24, 2.45) is 10.7 Å². The molecule has 1 unspecified atom stereocenters. The normalized spacial score (nSPS) is 12.8. The van der Waals surface area contributed by atoms with Gasteiger partial charge in [-0.05, 0) is 47.7 Å². The second kappa shape index (κ2) is 12.9. The van der Waals surface area contributed by atoms with Crippen molar-refractivity contribution >= 4 is 45.6 Å². The van der Waals surface area contributed by atoms with Crippen LogP contribution < -0.4 is 15.8 Å². The first kappa shape index (κ1) is 26.3. The van der Waals surface area contributed by atoms with Crippen LogP contribution in [0.15, 0.2) is 58.4 Å². The molecule has 0 bridgehead atoms. The van der Waals surface area contributed by atoms with Crippen molar-refractivity contribution in [1.82, 2.24) is 4.72 Å². The van der Waals surface area contributed by atoms with Crippen LogP contribution in [0.25, 0.3) is 0 Å². The summed E-state index contributed by atoms with van der Waals surface area (Å²) in [6.07, 6.45) is 1.10. The summed E-state index contributed by atoms with van der Waals surface area (Å²) in [4.78, 5) is 4.52. The first-order chi connectivity index (χ1) is 13.9. The molecule has 0 aliphatic rings. The Morgan fingerprint density at radius 2 is 1.77 bits per heavy atom. The van der Waals surface area contributed by atoms with E-state index in [4.69, 9.17) is 10.5 Å². The molecule has 0 heterocycles. The van der Waals surface area contributed by atoms with Crippen LogP contribution >= 0.6 is 24.0 Å². The van der Waals surface area contributed by atoms with Gasteiger partial charge in [0.2, 0.25) is 10.0 Å². The average Bonchev–Trinajstić information content (AvgIpc) is 2.72. The highest BCUT2D eigenvalue weighted by Gasteiger charge is 2.12. The molecular formula is C21H31IN4O3S. The minimum Gasteiger partial charge on any atom is -0.383 e. The van der Waals surface area contributed by atoms with E-state index in [1.165, 1.54) is 12.7 Å². The number of ether oxygens (including phenoxy) is 1. The summed E-state index contributed by atoms with van der Waals surface area (Å²) in [7, 11) is -2.02. The Bertz CT molecular complexity index is 901. The van der Waals surface area contributed by atoms with E-state index in [1.54, 1.807) is 24.3 Å². The van der Waals surface area contributed by atoms with E-state index in [0.29, 0.717) is 25.0 Å². The molecule has 2 aromatic carbocycles. The van der Waals surface area contributed by atoms with Crippen molar-refractivity contribution in [3.8, 4) is 0 Å². The molecule has 0 amide bonds. The van der Waals surface area contributed by atoms with E-state index in [1.807, 2.05) is 12.1 Å². The van der Waals surface area contributed by atoms with Gasteiger partial charge in [0.1, 0.15) is 0 Å². The number of nitrogens with one attached hydrogen (secondary N) is 2. The number of sulfonamides is 1. The van der Waals surface area contributed by atoms with E-state index in [-0.39, 0.29) is 35.4 Å². The lowest BCUT2D eigenvalue weighted by molar-refractivity contribution is 0.204. The fourth-order valence-electron chi connectivity index (χ4n) is 2.63. The minimum atomic E-state index is -3.54. The number of anilines is 1.